The fourth-order valence-corrected chi connectivity index (χ4v) is 4.00. The minimum atomic E-state index is -1.55. The van der Waals surface area contributed by atoms with Gasteiger partial charge in [0.15, 0.2) is 0 Å². The Hall–Kier alpha value is -2.62. The van der Waals surface area contributed by atoms with Gasteiger partial charge in [-0.1, -0.05) is 78.9 Å². The molecule has 0 amide bonds. The molecule has 3 heteroatoms. The van der Waals surface area contributed by atoms with Crippen LogP contribution in [0.1, 0.15) is 23.6 Å². The molecular weight excluding hydrogens is 322 g/mol. The Kier molecular flexibility index (Phi) is 4.06. The number of hydrogen-bond donors (Lipinski definition) is 3. The minimum Gasteiger partial charge on any atom is -0.384 e. The van der Waals surface area contributed by atoms with Crippen molar-refractivity contribution < 1.29 is 10.2 Å². The van der Waals surface area contributed by atoms with E-state index in [0.717, 1.165) is 11.3 Å². The highest BCUT2D eigenvalue weighted by Crippen LogP contribution is 2.44. The quantitative estimate of drug-likeness (QED) is 0.676. The van der Waals surface area contributed by atoms with Crippen LogP contribution in [0.4, 0.5) is 5.69 Å². The maximum absolute atomic E-state index is 11.9. The fourth-order valence-electron chi connectivity index (χ4n) is 4.00. The van der Waals surface area contributed by atoms with E-state index in [1.165, 1.54) is 0 Å². The molecule has 1 aliphatic heterocycles. The number of para-hydroxylation sites is 1. The van der Waals surface area contributed by atoms with Crippen LogP contribution in [0.5, 0.6) is 0 Å². The Balaban J connectivity index is 1.82. The van der Waals surface area contributed by atoms with Crippen molar-refractivity contribution >= 4 is 5.69 Å². The van der Waals surface area contributed by atoms with Crippen molar-refractivity contribution in [2.24, 2.45) is 0 Å². The van der Waals surface area contributed by atoms with Gasteiger partial charge in [-0.2, -0.15) is 0 Å². The van der Waals surface area contributed by atoms with Crippen LogP contribution in [0.2, 0.25) is 0 Å². The third kappa shape index (κ3) is 2.52. The second-order valence-corrected chi connectivity index (χ2v) is 7.15. The van der Waals surface area contributed by atoms with Crippen LogP contribution in [0.25, 0.3) is 0 Å². The number of aliphatic hydroxyl groups is 2. The maximum Gasteiger partial charge on any atom is 0.145 e. The monoisotopic (exact) mass is 345 g/mol. The van der Waals surface area contributed by atoms with Crippen molar-refractivity contribution in [3.8, 4) is 0 Å². The normalized spacial score (nSPS) is 18.7. The average Bonchev–Trinajstić information content (AvgIpc) is 3.14. The number of benzene rings is 3. The lowest BCUT2D eigenvalue weighted by Crippen LogP contribution is -2.59. The van der Waals surface area contributed by atoms with Crippen molar-refractivity contribution in [2.45, 2.75) is 30.6 Å². The first kappa shape index (κ1) is 16.8. The van der Waals surface area contributed by atoms with Crippen molar-refractivity contribution in [3.05, 3.63) is 102 Å². The average molecular weight is 345 g/mol. The van der Waals surface area contributed by atoms with Crippen molar-refractivity contribution in [2.75, 3.05) is 5.32 Å². The highest BCUT2D eigenvalue weighted by atomic mass is 16.4. The van der Waals surface area contributed by atoms with Gasteiger partial charge in [0, 0.05) is 5.69 Å². The van der Waals surface area contributed by atoms with Gasteiger partial charge in [-0.3, -0.25) is 0 Å². The highest BCUT2D eigenvalue weighted by Gasteiger charge is 2.54. The summed E-state index contributed by atoms with van der Waals surface area (Å²) < 4.78 is 0. The first-order valence-corrected chi connectivity index (χ1v) is 8.94. The van der Waals surface area contributed by atoms with Crippen LogP contribution in [0, 0.1) is 0 Å². The number of rotatable bonds is 4. The molecule has 2 atom stereocenters. The van der Waals surface area contributed by atoms with Gasteiger partial charge in [0.05, 0.1) is 6.04 Å². The summed E-state index contributed by atoms with van der Waals surface area (Å²) in [6.45, 7) is 1.72. The predicted molar refractivity (Wildman–Crippen MR) is 104 cm³/mol. The Bertz CT molecular complexity index is 826. The van der Waals surface area contributed by atoms with Crippen LogP contribution >= 0.6 is 0 Å². The van der Waals surface area contributed by atoms with E-state index in [2.05, 4.69) is 11.4 Å². The molecule has 0 fully saturated rings. The molecule has 3 N–H and O–H groups in total. The molecule has 0 aromatic heterocycles. The zero-order valence-electron chi connectivity index (χ0n) is 14.8. The zero-order chi connectivity index (χ0) is 18.2. The van der Waals surface area contributed by atoms with Gasteiger partial charge < -0.3 is 15.5 Å². The molecule has 132 valence electrons. The smallest absolute Gasteiger partial charge is 0.145 e. The van der Waals surface area contributed by atoms with Crippen molar-refractivity contribution in [3.63, 3.8) is 0 Å². The molecule has 3 nitrogen and oxygen atoms in total. The fraction of sp³-hybridized carbons (Fsp3) is 0.217. The summed E-state index contributed by atoms with van der Waals surface area (Å²) in [5.41, 5.74) is 0.537. The molecule has 0 saturated carbocycles. The van der Waals surface area contributed by atoms with Crippen LogP contribution in [-0.2, 0) is 12.0 Å². The van der Waals surface area contributed by atoms with Gasteiger partial charge in [0.2, 0.25) is 0 Å². The van der Waals surface area contributed by atoms with Gasteiger partial charge in [0.25, 0.3) is 0 Å². The lowest BCUT2D eigenvalue weighted by molar-refractivity contribution is -0.130. The van der Waals surface area contributed by atoms with E-state index in [-0.39, 0.29) is 6.04 Å². The van der Waals surface area contributed by atoms with Crippen molar-refractivity contribution in [1.82, 2.24) is 0 Å². The molecular formula is C23H23NO2. The largest absolute Gasteiger partial charge is 0.384 e. The lowest BCUT2D eigenvalue weighted by atomic mass is 9.70. The third-order valence-electron chi connectivity index (χ3n) is 5.57. The molecule has 0 spiro atoms. The van der Waals surface area contributed by atoms with E-state index in [0.29, 0.717) is 17.5 Å². The molecule has 0 bridgehead atoms. The molecule has 0 aliphatic carbocycles. The van der Waals surface area contributed by atoms with Crippen LogP contribution in [-0.4, -0.2) is 21.9 Å². The van der Waals surface area contributed by atoms with Gasteiger partial charge in [0.1, 0.15) is 11.2 Å². The first-order valence-electron chi connectivity index (χ1n) is 8.94. The summed E-state index contributed by atoms with van der Waals surface area (Å²) in [6.07, 6.45) is 0.658. The number of fused-ring (bicyclic) bond motifs is 1. The summed E-state index contributed by atoms with van der Waals surface area (Å²) in [6, 6.07) is 26.5. The molecule has 1 heterocycles. The first-order chi connectivity index (χ1) is 12.5. The Morgan fingerprint density at radius 2 is 1.27 bits per heavy atom. The summed E-state index contributed by atoms with van der Waals surface area (Å²) in [5, 5.41) is 27.0. The minimum absolute atomic E-state index is 0.315. The molecule has 4 rings (SSSR count). The number of hydrogen-bond acceptors (Lipinski definition) is 3. The topological polar surface area (TPSA) is 52.5 Å². The van der Waals surface area contributed by atoms with E-state index >= 15 is 0 Å². The Labute approximate surface area is 154 Å². The number of anilines is 1. The molecule has 0 saturated heterocycles. The summed E-state index contributed by atoms with van der Waals surface area (Å²) in [5.74, 6) is 0. The number of nitrogens with one attached hydrogen (secondary N) is 1. The van der Waals surface area contributed by atoms with Gasteiger partial charge in [-0.25, -0.2) is 0 Å². The Morgan fingerprint density at radius 1 is 0.769 bits per heavy atom. The van der Waals surface area contributed by atoms with E-state index in [9.17, 15) is 10.2 Å². The second-order valence-electron chi connectivity index (χ2n) is 7.15. The molecule has 3 aromatic carbocycles. The summed E-state index contributed by atoms with van der Waals surface area (Å²) >= 11 is 0. The van der Waals surface area contributed by atoms with Crippen molar-refractivity contribution in [1.29, 1.82) is 0 Å². The molecule has 1 aliphatic rings. The van der Waals surface area contributed by atoms with Gasteiger partial charge in [-0.15, -0.1) is 0 Å². The highest BCUT2D eigenvalue weighted by molar-refractivity contribution is 5.58. The molecule has 3 aromatic rings. The zero-order valence-corrected chi connectivity index (χ0v) is 14.8. The standard InChI is InChI=1S/C23H23NO2/c1-22(25,21-16-17-10-8-9-15-20(17)24-21)23(26,18-11-4-2-5-12-18)19-13-6-3-7-14-19/h2-15,21,24-26H,16H2,1H3. The van der Waals surface area contributed by atoms with Crippen LogP contribution in [0.3, 0.4) is 0 Å². The van der Waals surface area contributed by atoms with Gasteiger partial charge in [-0.05, 0) is 36.1 Å². The molecule has 26 heavy (non-hydrogen) atoms. The SMILES string of the molecule is CC(O)(C1Cc2ccccc2N1)C(O)(c1ccccc1)c1ccccc1. The Morgan fingerprint density at radius 3 is 1.81 bits per heavy atom. The van der Waals surface area contributed by atoms with E-state index in [1.54, 1.807) is 6.92 Å². The second kappa shape index (κ2) is 6.27. The molecule has 0 radical (unpaired) electrons. The van der Waals surface area contributed by atoms with E-state index < -0.39 is 11.2 Å². The summed E-state index contributed by atoms with van der Waals surface area (Å²) in [4.78, 5) is 0. The van der Waals surface area contributed by atoms with E-state index in [4.69, 9.17) is 0 Å². The van der Waals surface area contributed by atoms with E-state index in [1.807, 2.05) is 78.9 Å². The third-order valence-corrected chi connectivity index (χ3v) is 5.57. The predicted octanol–water partition coefficient (Wildman–Crippen LogP) is 3.71. The van der Waals surface area contributed by atoms with Crippen LogP contribution < -0.4 is 5.32 Å². The molecule has 2 unspecified atom stereocenters. The van der Waals surface area contributed by atoms with Crippen LogP contribution in [0.15, 0.2) is 84.9 Å². The maximum atomic E-state index is 11.9. The summed E-state index contributed by atoms with van der Waals surface area (Å²) in [7, 11) is 0. The van der Waals surface area contributed by atoms with Gasteiger partial charge >= 0.3 is 0 Å². The lowest BCUT2D eigenvalue weighted by Gasteiger charge is -2.45.